The van der Waals surface area contributed by atoms with Gasteiger partial charge in [-0.1, -0.05) is 24.6 Å². The minimum Gasteiger partial charge on any atom is -0.376 e. The third-order valence-electron chi connectivity index (χ3n) is 8.43. The quantitative estimate of drug-likeness (QED) is 0.530. The Hall–Kier alpha value is -2.81. The first-order chi connectivity index (χ1) is 17.8. The summed E-state index contributed by atoms with van der Waals surface area (Å²) in [5.41, 5.74) is 1.33. The number of aromatic nitrogens is 2. The molecule has 0 spiro atoms. The molecule has 1 aromatic carbocycles. The molecule has 1 N–H and O–H groups in total. The van der Waals surface area contributed by atoms with E-state index < -0.39 is 11.7 Å². The third kappa shape index (κ3) is 4.45. The molecule has 9 heteroatoms. The first-order valence-electron chi connectivity index (χ1n) is 12.9. The van der Waals surface area contributed by atoms with Crippen LogP contribution < -0.4 is 10.2 Å². The Kier molecular flexibility index (Phi) is 6.29. The van der Waals surface area contributed by atoms with Crippen molar-refractivity contribution in [3.63, 3.8) is 0 Å². The van der Waals surface area contributed by atoms with Gasteiger partial charge in [0.05, 0.1) is 35.4 Å². The van der Waals surface area contributed by atoms with Gasteiger partial charge in [0.15, 0.2) is 0 Å². The van der Waals surface area contributed by atoms with Gasteiger partial charge >= 0.3 is 0 Å². The lowest BCUT2D eigenvalue weighted by atomic mass is 9.96. The number of fused-ring (bicyclic) bond motifs is 1. The lowest BCUT2D eigenvalue weighted by Gasteiger charge is -2.44. The maximum Gasteiger partial charge on any atom is 0.229 e. The zero-order valence-electron chi connectivity index (χ0n) is 21.0. The molecule has 3 aromatic rings. The number of amides is 1. The van der Waals surface area contributed by atoms with Crippen molar-refractivity contribution in [3.05, 3.63) is 59.5 Å². The predicted molar refractivity (Wildman–Crippen MR) is 143 cm³/mol. The van der Waals surface area contributed by atoms with Crippen molar-refractivity contribution in [2.45, 2.75) is 31.5 Å². The fourth-order valence-electron chi connectivity index (χ4n) is 5.95. The Morgan fingerprint density at radius 3 is 2.68 bits per heavy atom. The zero-order valence-corrected chi connectivity index (χ0v) is 21.8. The van der Waals surface area contributed by atoms with Crippen molar-refractivity contribution < 1.29 is 13.9 Å². The summed E-state index contributed by atoms with van der Waals surface area (Å²) in [6.45, 7) is 7.60. The molecule has 1 aliphatic carbocycles. The van der Waals surface area contributed by atoms with Gasteiger partial charge in [0.2, 0.25) is 5.91 Å². The number of halogens is 2. The molecule has 194 valence electrons. The number of carbonyl (C=O) groups excluding carboxylic acids is 1. The van der Waals surface area contributed by atoms with E-state index in [1.54, 1.807) is 12.4 Å². The summed E-state index contributed by atoms with van der Waals surface area (Å²) >= 11 is 6.68. The molecule has 4 heterocycles. The summed E-state index contributed by atoms with van der Waals surface area (Å²) in [5, 5.41) is 5.53. The maximum atomic E-state index is 14.5. The van der Waals surface area contributed by atoms with Gasteiger partial charge in [-0.05, 0) is 48.6 Å². The van der Waals surface area contributed by atoms with E-state index in [-0.39, 0.29) is 30.3 Å². The number of benzene rings is 1. The zero-order chi connectivity index (χ0) is 25.7. The number of pyridine rings is 2. The summed E-state index contributed by atoms with van der Waals surface area (Å²) in [5.74, 6) is 0.760. The van der Waals surface area contributed by atoms with Crippen LogP contribution in [0.2, 0.25) is 5.02 Å². The van der Waals surface area contributed by atoms with E-state index >= 15 is 0 Å². The molecule has 2 aliphatic heterocycles. The van der Waals surface area contributed by atoms with Crippen molar-refractivity contribution in [1.82, 2.24) is 14.9 Å². The predicted octanol–water partition coefficient (Wildman–Crippen LogP) is 4.52. The van der Waals surface area contributed by atoms with Crippen LogP contribution in [0.1, 0.15) is 25.5 Å². The van der Waals surface area contributed by atoms with Gasteiger partial charge in [0, 0.05) is 55.6 Å². The van der Waals surface area contributed by atoms with Gasteiger partial charge in [-0.25, -0.2) is 9.37 Å². The average molecular weight is 524 g/mol. The highest BCUT2D eigenvalue weighted by Crippen LogP contribution is 2.53. The van der Waals surface area contributed by atoms with Gasteiger partial charge in [-0.2, -0.15) is 0 Å². The van der Waals surface area contributed by atoms with Gasteiger partial charge in [-0.15, -0.1) is 0 Å². The molecular weight excluding hydrogens is 493 g/mol. The van der Waals surface area contributed by atoms with E-state index in [4.69, 9.17) is 16.3 Å². The molecule has 3 fully saturated rings. The summed E-state index contributed by atoms with van der Waals surface area (Å²) in [6, 6.07) is 11.7. The Balaban J connectivity index is 1.16. The number of hydrogen-bond donors (Lipinski definition) is 1. The van der Waals surface area contributed by atoms with Crippen molar-refractivity contribution in [2.24, 2.45) is 11.8 Å². The Morgan fingerprint density at radius 1 is 1.16 bits per heavy atom. The van der Waals surface area contributed by atoms with Crippen LogP contribution in [0, 0.1) is 11.8 Å². The summed E-state index contributed by atoms with van der Waals surface area (Å²) in [7, 11) is 0. The normalized spacial score (nSPS) is 30.0. The minimum atomic E-state index is -0.970. The second kappa shape index (κ2) is 9.49. The highest BCUT2D eigenvalue weighted by Gasteiger charge is 2.53. The van der Waals surface area contributed by atoms with Crippen molar-refractivity contribution in [2.75, 3.05) is 49.6 Å². The van der Waals surface area contributed by atoms with Crippen LogP contribution in [-0.4, -0.2) is 71.9 Å². The van der Waals surface area contributed by atoms with Crippen LogP contribution in [0.25, 0.3) is 10.8 Å². The van der Waals surface area contributed by atoms with E-state index in [0.717, 1.165) is 48.3 Å². The maximum absolute atomic E-state index is 14.5. The number of piperazine rings is 1. The number of hydrogen-bond acceptors (Lipinski definition) is 6. The number of nitrogens with zero attached hydrogens (tertiary/aromatic N) is 4. The standard InChI is InChI=1S/C28H31ClFN5O2/c1-17-25(21-5-3-4-6-31-21)26(17)27(36)33-24-13-18-12-22(20(29)11-19(18)14-32-24)34-7-9-35(10-8-34)28(2)16-37-15-23(28)30/h3-6,11-14,17,23,25-26H,7-10,15-16H2,1-2H3,(H,32,33,36)/t17-,23-,25+,26-,28+/m0/s1. The fourth-order valence-corrected chi connectivity index (χ4v) is 6.24. The molecule has 3 aliphatic rings. The lowest BCUT2D eigenvalue weighted by Crippen LogP contribution is -2.59. The summed E-state index contributed by atoms with van der Waals surface area (Å²) in [6.07, 6.45) is 2.54. The molecule has 1 amide bonds. The number of ether oxygens (including phenoxy) is 1. The van der Waals surface area contributed by atoms with E-state index in [1.165, 1.54) is 0 Å². The van der Waals surface area contributed by atoms with E-state index in [0.29, 0.717) is 17.4 Å². The molecule has 2 aromatic heterocycles. The average Bonchev–Trinajstić information content (AvgIpc) is 3.47. The lowest BCUT2D eigenvalue weighted by molar-refractivity contribution is -0.117. The third-order valence-corrected chi connectivity index (χ3v) is 8.73. The first-order valence-corrected chi connectivity index (χ1v) is 13.3. The molecule has 0 bridgehead atoms. The van der Waals surface area contributed by atoms with Crippen molar-refractivity contribution >= 4 is 39.8 Å². The second-order valence-electron chi connectivity index (χ2n) is 10.7. The van der Waals surface area contributed by atoms with Gasteiger partial charge in [-0.3, -0.25) is 14.7 Å². The molecular formula is C28H31ClFN5O2. The van der Waals surface area contributed by atoms with Crippen LogP contribution in [0.3, 0.4) is 0 Å². The van der Waals surface area contributed by atoms with Gasteiger partial charge in [0.25, 0.3) is 0 Å². The largest absolute Gasteiger partial charge is 0.376 e. The molecule has 1 saturated carbocycles. The van der Waals surface area contributed by atoms with E-state index in [9.17, 15) is 9.18 Å². The highest BCUT2D eigenvalue weighted by atomic mass is 35.5. The molecule has 0 radical (unpaired) electrons. The molecule has 0 unspecified atom stereocenters. The smallest absolute Gasteiger partial charge is 0.229 e. The Labute approximate surface area is 221 Å². The van der Waals surface area contributed by atoms with Crippen LogP contribution in [-0.2, 0) is 9.53 Å². The van der Waals surface area contributed by atoms with Crippen molar-refractivity contribution in [3.8, 4) is 0 Å². The van der Waals surface area contributed by atoms with Crippen LogP contribution >= 0.6 is 11.6 Å². The SMILES string of the molecule is C[C@@H]1[C@H](C(=O)Nc2cc3cc(N4CCN([C@]5(C)COC[C@@H]5F)CC4)c(Cl)cc3cn2)[C@H]1c1ccccn1. The second-order valence-corrected chi connectivity index (χ2v) is 11.1. The first kappa shape index (κ1) is 24.5. The number of carbonyl (C=O) groups is 1. The fraction of sp³-hybridized carbons (Fsp3) is 0.464. The minimum absolute atomic E-state index is 0.0316. The molecule has 37 heavy (non-hydrogen) atoms. The Morgan fingerprint density at radius 2 is 1.97 bits per heavy atom. The summed E-state index contributed by atoms with van der Waals surface area (Å²) in [4.78, 5) is 26.3. The number of anilines is 2. The van der Waals surface area contributed by atoms with Crippen LogP contribution in [0.5, 0.6) is 0 Å². The monoisotopic (exact) mass is 523 g/mol. The number of rotatable bonds is 5. The topological polar surface area (TPSA) is 70.6 Å². The van der Waals surface area contributed by atoms with Crippen LogP contribution in [0.4, 0.5) is 15.9 Å². The van der Waals surface area contributed by atoms with Crippen LogP contribution in [0.15, 0.2) is 48.8 Å². The number of nitrogens with one attached hydrogen (secondary N) is 1. The molecule has 5 atom stereocenters. The van der Waals surface area contributed by atoms with Gasteiger partial charge < -0.3 is 15.0 Å². The summed E-state index contributed by atoms with van der Waals surface area (Å²) < 4.78 is 19.9. The molecule has 7 nitrogen and oxygen atoms in total. The molecule has 2 saturated heterocycles. The Bertz CT molecular complexity index is 1320. The van der Waals surface area contributed by atoms with Gasteiger partial charge in [0.1, 0.15) is 12.0 Å². The van der Waals surface area contributed by atoms with Crippen molar-refractivity contribution in [1.29, 1.82) is 0 Å². The number of alkyl halides is 1. The van der Waals surface area contributed by atoms with E-state index in [1.807, 2.05) is 37.3 Å². The molecule has 6 rings (SSSR count). The highest BCUT2D eigenvalue weighted by molar-refractivity contribution is 6.34. The van der Waals surface area contributed by atoms with E-state index in [2.05, 4.69) is 38.1 Å².